The van der Waals surface area contributed by atoms with Crippen molar-refractivity contribution in [2.24, 2.45) is 5.41 Å². The van der Waals surface area contributed by atoms with Crippen molar-refractivity contribution in [3.63, 3.8) is 0 Å². The lowest BCUT2D eigenvalue weighted by molar-refractivity contribution is -0.116. The number of hydrogen-bond acceptors (Lipinski definition) is 3. The highest BCUT2D eigenvalue weighted by atomic mass is 32.1. The van der Waals surface area contributed by atoms with Crippen molar-refractivity contribution in [1.82, 2.24) is 4.90 Å². The second-order valence-electron chi connectivity index (χ2n) is 5.20. The maximum Gasteiger partial charge on any atom is 0.127 e. The van der Waals surface area contributed by atoms with E-state index in [-0.39, 0.29) is 5.41 Å². The Kier molecular flexibility index (Phi) is 5.34. The summed E-state index contributed by atoms with van der Waals surface area (Å²) in [5.41, 5.74) is -0.221. The van der Waals surface area contributed by atoms with E-state index in [0.29, 0.717) is 6.04 Å². The van der Waals surface area contributed by atoms with Gasteiger partial charge in [0.05, 0.1) is 0 Å². The van der Waals surface area contributed by atoms with Gasteiger partial charge in [0.25, 0.3) is 0 Å². The zero-order valence-corrected chi connectivity index (χ0v) is 12.1. The molecule has 17 heavy (non-hydrogen) atoms. The molecule has 0 radical (unpaired) electrons. The third-order valence-corrected chi connectivity index (χ3v) is 4.19. The maximum atomic E-state index is 11.2. The van der Waals surface area contributed by atoms with Gasteiger partial charge in [-0.1, -0.05) is 19.9 Å². The van der Waals surface area contributed by atoms with Gasteiger partial charge in [-0.15, -0.1) is 11.3 Å². The molecular weight excluding hydrogens is 230 g/mol. The third-order valence-electron chi connectivity index (χ3n) is 3.33. The average Bonchev–Trinajstić information content (AvgIpc) is 2.80. The zero-order chi connectivity index (χ0) is 12.9. The molecule has 0 bridgehead atoms. The molecule has 1 rings (SSSR count). The quantitative estimate of drug-likeness (QED) is 0.692. The monoisotopic (exact) mass is 253 g/mol. The van der Waals surface area contributed by atoms with E-state index in [0.717, 1.165) is 25.8 Å². The van der Waals surface area contributed by atoms with Crippen LogP contribution in [0.15, 0.2) is 17.5 Å². The Bertz CT molecular complexity index is 334. The normalized spacial score (nSPS) is 15.2. The minimum atomic E-state index is -0.221. The predicted octanol–water partition coefficient (Wildman–Crippen LogP) is 3.57. The first-order valence-electron chi connectivity index (χ1n) is 6.23. The van der Waals surface area contributed by atoms with E-state index in [9.17, 15) is 4.79 Å². The highest BCUT2D eigenvalue weighted by molar-refractivity contribution is 7.09. The Morgan fingerprint density at radius 1 is 1.53 bits per heavy atom. The van der Waals surface area contributed by atoms with E-state index < -0.39 is 0 Å². The van der Waals surface area contributed by atoms with Gasteiger partial charge < -0.3 is 4.79 Å². The molecule has 0 fully saturated rings. The molecule has 0 aromatic carbocycles. The molecule has 1 atom stereocenters. The maximum absolute atomic E-state index is 11.2. The second-order valence-corrected chi connectivity index (χ2v) is 6.24. The Morgan fingerprint density at radius 2 is 2.24 bits per heavy atom. The number of hydrogen-bond donors (Lipinski definition) is 0. The molecule has 2 nitrogen and oxygen atoms in total. The van der Waals surface area contributed by atoms with E-state index in [1.165, 1.54) is 4.88 Å². The van der Waals surface area contributed by atoms with Crippen molar-refractivity contribution >= 4 is 17.6 Å². The number of rotatable bonds is 7. The zero-order valence-electron chi connectivity index (χ0n) is 11.3. The summed E-state index contributed by atoms with van der Waals surface area (Å²) >= 11 is 1.78. The lowest BCUT2D eigenvalue weighted by Gasteiger charge is -2.33. The first-order chi connectivity index (χ1) is 8.00. The second kappa shape index (κ2) is 6.31. The minimum absolute atomic E-state index is 0.221. The van der Waals surface area contributed by atoms with E-state index in [2.05, 4.69) is 43.2 Å². The van der Waals surface area contributed by atoms with Gasteiger partial charge in [0, 0.05) is 29.4 Å². The van der Waals surface area contributed by atoms with Gasteiger partial charge in [0.15, 0.2) is 0 Å². The average molecular weight is 253 g/mol. The minimum Gasteiger partial charge on any atom is -0.303 e. The molecule has 0 saturated heterocycles. The summed E-state index contributed by atoms with van der Waals surface area (Å²) in [7, 11) is 0. The Balaban J connectivity index is 2.70. The van der Waals surface area contributed by atoms with Crippen LogP contribution in [0, 0.1) is 5.41 Å². The highest BCUT2D eigenvalue weighted by Crippen LogP contribution is 2.23. The molecule has 1 aromatic rings. The van der Waals surface area contributed by atoms with Crippen LogP contribution in [0.25, 0.3) is 0 Å². The molecule has 0 N–H and O–H groups in total. The summed E-state index contributed by atoms with van der Waals surface area (Å²) in [6.45, 7) is 10.3. The fraction of sp³-hybridized carbons (Fsp3) is 0.643. The van der Waals surface area contributed by atoms with Crippen LogP contribution >= 0.6 is 11.3 Å². The van der Waals surface area contributed by atoms with Gasteiger partial charge in [-0.2, -0.15) is 0 Å². The molecule has 0 saturated carbocycles. The number of aldehydes is 1. The number of carbonyl (C=O) groups is 1. The topological polar surface area (TPSA) is 20.3 Å². The van der Waals surface area contributed by atoms with Crippen LogP contribution in [0.1, 0.15) is 39.0 Å². The lowest BCUT2D eigenvalue weighted by Crippen LogP contribution is -2.40. The number of nitrogens with zero attached hydrogens (tertiary/aromatic N) is 1. The largest absolute Gasteiger partial charge is 0.303 e. The summed E-state index contributed by atoms with van der Waals surface area (Å²) in [6.07, 6.45) is 2.00. The molecule has 3 heteroatoms. The van der Waals surface area contributed by atoms with Crippen LogP contribution in [0.3, 0.4) is 0 Å². The summed E-state index contributed by atoms with van der Waals surface area (Å²) in [6, 6.07) is 4.70. The van der Waals surface area contributed by atoms with E-state index in [4.69, 9.17) is 0 Å². The molecule has 1 heterocycles. The van der Waals surface area contributed by atoms with Gasteiger partial charge in [0.2, 0.25) is 0 Å². The molecule has 0 aliphatic rings. The van der Waals surface area contributed by atoms with Crippen molar-refractivity contribution in [2.75, 3.05) is 6.54 Å². The van der Waals surface area contributed by atoms with Crippen molar-refractivity contribution in [3.8, 4) is 0 Å². The van der Waals surface area contributed by atoms with Gasteiger partial charge in [-0.25, -0.2) is 0 Å². The SMILES string of the molecule is CCC(C)(C=O)CN(Cc1cccs1)C(C)C. The van der Waals surface area contributed by atoms with Crippen molar-refractivity contribution < 1.29 is 4.79 Å². The van der Waals surface area contributed by atoms with Gasteiger partial charge in [0.1, 0.15) is 6.29 Å². The van der Waals surface area contributed by atoms with Crippen LogP contribution in [0.4, 0.5) is 0 Å². The molecule has 96 valence electrons. The summed E-state index contributed by atoms with van der Waals surface area (Å²) < 4.78 is 0. The highest BCUT2D eigenvalue weighted by Gasteiger charge is 2.26. The standard InChI is InChI=1S/C14H23NOS/c1-5-14(4,11-16)10-15(12(2)3)9-13-7-6-8-17-13/h6-8,11-12H,5,9-10H2,1-4H3. The first-order valence-corrected chi connectivity index (χ1v) is 7.11. The van der Waals surface area contributed by atoms with Crippen LogP contribution in [-0.4, -0.2) is 23.8 Å². The molecule has 0 aliphatic carbocycles. The fourth-order valence-electron chi connectivity index (χ4n) is 1.72. The number of carbonyl (C=O) groups excluding carboxylic acids is 1. The van der Waals surface area contributed by atoms with Crippen molar-refractivity contribution in [1.29, 1.82) is 0 Å². The molecule has 0 aliphatic heterocycles. The summed E-state index contributed by atoms with van der Waals surface area (Å²) in [4.78, 5) is 14.9. The van der Waals surface area contributed by atoms with E-state index >= 15 is 0 Å². The van der Waals surface area contributed by atoms with E-state index in [1.54, 1.807) is 11.3 Å². The van der Waals surface area contributed by atoms with Gasteiger partial charge >= 0.3 is 0 Å². The molecule has 0 spiro atoms. The van der Waals surface area contributed by atoms with Gasteiger partial charge in [-0.3, -0.25) is 4.90 Å². The predicted molar refractivity (Wildman–Crippen MR) is 74.3 cm³/mol. The van der Waals surface area contributed by atoms with Crippen LogP contribution in [0.5, 0.6) is 0 Å². The molecule has 1 aromatic heterocycles. The lowest BCUT2D eigenvalue weighted by atomic mass is 9.88. The molecule has 0 amide bonds. The van der Waals surface area contributed by atoms with Crippen molar-refractivity contribution in [2.45, 2.75) is 46.7 Å². The van der Waals surface area contributed by atoms with Crippen LogP contribution in [0.2, 0.25) is 0 Å². The molecular formula is C14H23NOS. The fourth-order valence-corrected chi connectivity index (χ4v) is 2.45. The smallest absolute Gasteiger partial charge is 0.127 e. The van der Waals surface area contributed by atoms with Crippen molar-refractivity contribution in [3.05, 3.63) is 22.4 Å². The summed E-state index contributed by atoms with van der Waals surface area (Å²) in [5, 5.41) is 2.10. The van der Waals surface area contributed by atoms with Gasteiger partial charge in [-0.05, 0) is 31.7 Å². The van der Waals surface area contributed by atoms with Crippen LogP contribution in [-0.2, 0) is 11.3 Å². The Labute approximate surface area is 109 Å². The Morgan fingerprint density at radius 3 is 2.65 bits per heavy atom. The van der Waals surface area contributed by atoms with Crippen LogP contribution < -0.4 is 0 Å². The third kappa shape index (κ3) is 4.25. The number of thiophene rings is 1. The van der Waals surface area contributed by atoms with E-state index in [1.807, 2.05) is 6.92 Å². The molecule has 1 unspecified atom stereocenters. The summed E-state index contributed by atoms with van der Waals surface area (Å²) in [5.74, 6) is 0. The Hall–Kier alpha value is -0.670. The first kappa shape index (κ1) is 14.4.